The zero-order valence-electron chi connectivity index (χ0n) is 17.2. The second-order valence-corrected chi connectivity index (χ2v) is 8.68. The zero-order valence-corrected chi connectivity index (χ0v) is 18.0. The van der Waals surface area contributed by atoms with Gasteiger partial charge in [0.2, 0.25) is 5.78 Å². The molecule has 8 nitrogen and oxygen atoms in total. The number of ketones is 1. The number of fused-ring (bicyclic) bond motifs is 1. The van der Waals surface area contributed by atoms with Crippen LogP contribution in [0.25, 0.3) is 10.9 Å². The van der Waals surface area contributed by atoms with Gasteiger partial charge in [-0.15, -0.1) is 11.3 Å². The number of ether oxygens (including phenoxy) is 2. The van der Waals surface area contributed by atoms with E-state index < -0.39 is 23.4 Å². The summed E-state index contributed by atoms with van der Waals surface area (Å²) in [4.78, 5) is 41.0. The van der Waals surface area contributed by atoms with Gasteiger partial charge in [0.05, 0.1) is 18.2 Å². The third-order valence-electron chi connectivity index (χ3n) is 4.66. The van der Waals surface area contributed by atoms with E-state index in [2.05, 4.69) is 9.72 Å². The highest BCUT2D eigenvalue weighted by Crippen LogP contribution is 2.26. The molecule has 0 fully saturated rings. The van der Waals surface area contributed by atoms with Gasteiger partial charge in [0.1, 0.15) is 6.04 Å². The monoisotopic (exact) mass is 429 g/mol. The lowest BCUT2D eigenvalue weighted by molar-refractivity contribution is -0.151. The Morgan fingerprint density at radius 3 is 2.60 bits per heavy atom. The Labute approximate surface area is 177 Å². The van der Waals surface area contributed by atoms with Crippen LogP contribution in [0.3, 0.4) is 0 Å². The van der Waals surface area contributed by atoms with Gasteiger partial charge < -0.3 is 19.8 Å². The van der Waals surface area contributed by atoms with Crippen molar-refractivity contribution in [2.75, 3.05) is 7.11 Å². The molecule has 0 amide bonds. The lowest BCUT2D eigenvalue weighted by Gasteiger charge is -2.25. The van der Waals surface area contributed by atoms with Gasteiger partial charge in [0, 0.05) is 17.0 Å². The molecule has 30 heavy (non-hydrogen) atoms. The number of esters is 2. The van der Waals surface area contributed by atoms with Crippen LogP contribution in [0.1, 0.15) is 46.6 Å². The summed E-state index contributed by atoms with van der Waals surface area (Å²) >= 11 is 1.07. The zero-order chi connectivity index (χ0) is 22.1. The van der Waals surface area contributed by atoms with E-state index >= 15 is 0 Å². The molecule has 0 bridgehead atoms. The van der Waals surface area contributed by atoms with Crippen LogP contribution in [-0.4, -0.2) is 40.4 Å². The molecule has 2 heterocycles. The average molecular weight is 429 g/mol. The van der Waals surface area contributed by atoms with Crippen molar-refractivity contribution < 1.29 is 23.9 Å². The first kappa shape index (κ1) is 21.7. The SMILES string of the molecule is COC(=O)c1csc(C(=O)c2cn(COC(=O)C(N)C(C)(C)C)c3ccccc23)n1. The minimum atomic E-state index is -0.771. The van der Waals surface area contributed by atoms with Crippen molar-refractivity contribution in [3.05, 3.63) is 52.1 Å². The molecule has 2 aromatic heterocycles. The van der Waals surface area contributed by atoms with Gasteiger partial charge in [-0.3, -0.25) is 9.59 Å². The van der Waals surface area contributed by atoms with Crippen LogP contribution in [0, 0.1) is 5.41 Å². The van der Waals surface area contributed by atoms with E-state index in [9.17, 15) is 14.4 Å². The van der Waals surface area contributed by atoms with Crippen molar-refractivity contribution in [1.29, 1.82) is 0 Å². The summed E-state index contributed by atoms with van der Waals surface area (Å²) in [5, 5.41) is 2.34. The van der Waals surface area contributed by atoms with Gasteiger partial charge in [-0.1, -0.05) is 39.0 Å². The van der Waals surface area contributed by atoms with E-state index in [1.807, 2.05) is 39.0 Å². The van der Waals surface area contributed by atoms with Crippen LogP contribution < -0.4 is 5.73 Å². The minimum Gasteiger partial charge on any atom is -0.464 e. The van der Waals surface area contributed by atoms with Crippen molar-refractivity contribution in [1.82, 2.24) is 9.55 Å². The smallest absolute Gasteiger partial charge is 0.357 e. The van der Waals surface area contributed by atoms with Crippen molar-refractivity contribution in [2.45, 2.75) is 33.5 Å². The number of rotatable bonds is 6. The molecule has 0 aliphatic carbocycles. The topological polar surface area (TPSA) is 114 Å². The van der Waals surface area contributed by atoms with Gasteiger partial charge in [0.15, 0.2) is 17.4 Å². The summed E-state index contributed by atoms with van der Waals surface area (Å²) in [5.41, 5.74) is 6.73. The van der Waals surface area contributed by atoms with Crippen molar-refractivity contribution >= 4 is 40.0 Å². The summed E-state index contributed by atoms with van der Waals surface area (Å²) in [6, 6.07) is 6.50. The number of hydrogen-bond acceptors (Lipinski definition) is 8. The van der Waals surface area contributed by atoms with Gasteiger partial charge in [-0.05, 0) is 11.5 Å². The van der Waals surface area contributed by atoms with Gasteiger partial charge in [0.25, 0.3) is 0 Å². The fraction of sp³-hybridized carbons (Fsp3) is 0.333. The van der Waals surface area contributed by atoms with Gasteiger partial charge in [-0.25, -0.2) is 9.78 Å². The number of methoxy groups -OCH3 is 1. The number of nitrogens with zero attached hydrogens (tertiary/aromatic N) is 2. The molecule has 0 spiro atoms. The lowest BCUT2D eigenvalue weighted by atomic mass is 9.87. The Kier molecular flexibility index (Phi) is 6.04. The highest BCUT2D eigenvalue weighted by molar-refractivity contribution is 7.12. The first-order valence-electron chi connectivity index (χ1n) is 9.22. The van der Waals surface area contributed by atoms with E-state index in [-0.39, 0.29) is 23.2 Å². The molecular formula is C21H23N3O5S. The second kappa shape index (κ2) is 8.37. The molecule has 0 radical (unpaired) electrons. The van der Waals surface area contributed by atoms with E-state index in [1.165, 1.54) is 12.5 Å². The normalized spacial score (nSPS) is 12.6. The Morgan fingerprint density at radius 1 is 1.23 bits per heavy atom. The Morgan fingerprint density at radius 2 is 1.93 bits per heavy atom. The molecule has 9 heteroatoms. The van der Waals surface area contributed by atoms with Crippen molar-refractivity contribution in [3.63, 3.8) is 0 Å². The number of aromatic nitrogens is 2. The molecule has 0 aliphatic heterocycles. The molecule has 0 saturated heterocycles. The summed E-state index contributed by atoms with van der Waals surface area (Å²) in [6.45, 7) is 5.49. The van der Waals surface area contributed by atoms with Crippen molar-refractivity contribution in [2.24, 2.45) is 11.1 Å². The fourth-order valence-electron chi connectivity index (χ4n) is 2.80. The summed E-state index contributed by atoms with van der Waals surface area (Å²) in [6.07, 6.45) is 1.61. The molecule has 1 unspecified atom stereocenters. The van der Waals surface area contributed by atoms with Gasteiger partial charge >= 0.3 is 11.9 Å². The summed E-state index contributed by atoms with van der Waals surface area (Å²) in [7, 11) is 1.25. The molecule has 1 atom stereocenters. The molecular weight excluding hydrogens is 406 g/mol. The number of nitrogens with two attached hydrogens (primary N) is 1. The largest absolute Gasteiger partial charge is 0.464 e. The van der Waals surface area contributed by atoms with Gasteiger partial charge in [-0.2, -0.15) is 0 Å². The van der Waals surface area contributed by atoms with E-state index in [1.54, 1.807) is 16.8 Å². The molecule has 1 aromatic carbocycles. The highest BCUT2D eigenvalue weighted by atomic mass is 32.1. The quantitative estimate of drug-likeness (QED) is 0.473. The molecule has 158 valence electrons. The fourth-order valence-corrected chi connectivity index (χ4v) is 3.54. The summed E-state index contributed by atoms with van der Waals surface area (Å²) < 4.78 is 11.7. The van der Waals surface area contributed by atoms with Crippen LogP contribution in [0.15, 0.2) is 35.8 Å². The number of thiazole rings is 1. The Balaban J connectivity index is 1.89. The van der Waals surface area contributed by atoms with Crippen LogP contribution in [-0.2, 0) is 21.0 Å². The first-order valence-corrected chi connectivity index (χ1v) is 10.1. The Bertz CT molecular complexity index is 1110. The van der Waals surface area contributed by atoms with E-state index in [4.69, 9.17) is 10.5 Å². The van der Waals surface area contributed by atoms with Crippen molar-refractivity contribution in [3.8, 4) is 0 Å². The molecule has 0 aliphatic rings. The third-order valence-corrected chi connectivity index (χ3v) is 5.50. The van der Waals surface area contributed by atoms with Crippen LogP contribution in [0.2, 0.25) is 0 Å². The van der Waals surface area contributed by atoms with Crippen LogP contribution in [0.4, 0.5) is 0 Å². The molecule has 3 aromatic rings. The predicted octanol–water partition coefficient (Wildman–Crippen LogP) is 2.99. The Hall–Kier alpha value is -3.04. The summed E-state index contributed by atoms with van der Waals surface area (Å²) in [5.74, 6) is -1.45. The van der Waals surface area contributed by atoms with E-state index in [0.29, 0.717) is 10.9 Å². The van der Waals surface area contributed by atoms with E-state index in [0.717, 1.165) is 16.9 Å². The number of carbonyl (C=O) groups excluding carboxylic acids is 3. The molecule has 2 N–H and O–H groups in total. The number of carbonyl (C=O) groups is 3. The lowest BCUT2D eigenvalue weighted by Crippen LogP contribution is -2.43. The first-order chi connectivity index (χ1) is 14.1. The second-order valence-electron chi connectivity index (χ2n) is 7.82. The molecule has 3 rings (SSSR count). The molecule has 0 saturated carbocycles. The minimum absolute atomic E-state index is 0.0817. The maximum Gasteiger partial charge on any atom is 0.357 e. The predicted molar refractivity (Wildman–Crippen MR) is 112 cm³/mol. The number of para-hydroxylation sites is 1. The number of benzene rings is 1. The van der Waals surface area contributed by atoms with Crippen LogP contribution in [0.5, 0.6) is 0 Å². The maximum atomic E-state index is 13.0. The van der Waals surface area contributed by atoms with Crippen LogP contribution >= 0.6 is 11.3 Å². The third kappa shape index (κ3) is 4.27. The maximum absolute atomic E-state index is 13.0. The highest BCUT2D eigenvalue weighted by Gasteiger charge is 2.29. The standard InChI is InChI=1S/C21H23N3O5S/c1-21(2,3)17(22)20(27)29-11-24-9-13(12-7-5-6-8-15(12)24)16(25)18-23-14(10-30-18)19(26)28-4/h5-10,17H,11,22H2,1-4H3. The average Bonchev–Trinajstić information content (AvgIpc) is 3.35. The number of hydrogen-bond donors (Lipinski definition) is 1.